The number of nitrogens with zero attached hydrogens (tertiary/aromatic N) is 2. The molecule has 1 unspecified atom stereocenters. The van der Waals surface area contributed by atoms with Gasteiger partial charge in [0.1, 0.15) is 22.5 Å². The Balaban J connectivity index is 1.73. The van der Waals surface area contributed by atoms with Crippen molar-refractivity contribution in [3.8, 4) is 0 Å². The fourth-order valence-electron chi connectivity index (χ4n) is 2.35. The summed E-state index contributed by atoms with van der Waals surface area (Å²) in [6.45, 7) is 0.497. The number of carboxylic acid groups (broad SMARTS) is 1. The summed E-state index contributed by atoms with van der Waals surface area (Å²) in [5, 5.41) is 9.72. The van der Waals surface area contributed by atoms with E-state index in [2.05, 4.69) is 4.98 Å². The Kier molecular flexibility index (Phi) is 3.71. The van der Waals surface area contributed by atoms with Gasteiger partial charge in [-0.05, 0) is 25.7 Å². The molecule has 1 aromatic rings. The SMILES string of the molecule is O=C(O)CN(C(=O)c1cnc(C2CCCO2)s1)C1CC1. The predicted octanol–water partition coefficient (Wildman–Crippen LogP) is 1.68. The summed E-state index contributed by atoms with van der Waals surface area (Å²) in [6.07, 6.45) is 5.26. The van der Waals surface area contributed by atoms with E-state index < -0.39 is 5.97 Å². The second-order valence-corrected chi connectivity index (χ2v) is 6.18. The van der Waals surface area contributed by atoms with Crippen LogP contribution in [0.25, 0.3) is 0 Å². The van der Waals surface area contributed by atoms with E-state index in [4.69, 9.17) is 9.84 Å². The molecule has 1 aliphatic heterocycles. The van der Waals surface area contributed by atoms with Crippen molar-refractivity contribution >= 4 is 23.2 Å². The molecule has 1 atom stereocenters. The van der Waals surface area contributed by atoms with Crippen LogP contribution in [0.15, 0.2) is 6.20 Å². The zero-order chi connectivity index (χ0) is 14.1. The largest absolute Gasteiger partial charge is 0.480 e. The molecular weight excluding hydrogens is 280 g/mol. The lowest BCUT2D eigenvalue weighted by atomic mass is 10.2. The van der Waals surface area contributed by atoms with Gasteiger partial charge in [0, 0.05) is 12.6 Å². The van der Waals surface area contributed by atoms with E-state index in [1.165, 1.54) is 16.2 Å². The number of carboxylic acids is 1. The topological polar surface area (TPSA) is 79.7 Å². The van der Waals surface area contributed by atoms with Crippen LogP contribution >= 0.6 is 11.3 Å². The van der Waals surface area contributed by atoms with Crippen LogP contribution in [-0.4, -0.2) is 46.1 Å². The maximum atomic E-state index is 12.4. The van der Waals surface area contributed by atoms with Crippen molar-refractivity contribution < 1.29 is 19.4 Å². The summed E-state index contributed by atoms with van der Waals surface area (Å²) >= 11 is 1.32. The van der Waals surface area contributed by atoms with Crippen molar-refractivity contribution in [2.24, 2.45) is 0 Å². The fraction of sp³-hybridized carbons (Fsp3) is 0.615. The molecule has 1 aliphatic carbocycles. The number of aromatic nitrogens is 1. The highest BCUT2D eigenvalue weighted by molar-refractivity contribution is 7.13. The number of hydrogen-bond acceptors (Lipinski definition) is 5. The average Bonchev–Trinajstić information content (AvgIpc) is 2.94. The van der Waals surface area contributed by atoms with Gasteiger partial charge in [-0.15, -0.1) is 11.3 Å². The highest BCUT2D eigenvalue weighted by Crippen LogP contribution is 2.33. The molecule has 0 bridgehead atoms. The van der Waals surface area contributed by atoms with E-state index in [9.17, 15) is 9.59 Å². The van der Waals surface area contributed by atoms with Gasteiger partial charge in [-0.1, -0.05) is 0 Å². The van der Waals surface area contributed by atoms with Crippen LogP contribution in [0.5, 0.6) is 0 Å². The number of aliphatic carboxylic acids is 1. The lowest BCUT2D eigenvalue weighted by Crippen LogP contribution is -2.37. The first kappa shape index (κ1) is 13.5. The van der Waals surface area contributed by atoms with E-state index in [1.54, 1.807) is 6.20 Å². The van der Waals surface area contributed by atoms with Crippen molar-refractivity contribution in [1.82, 2.24) is 9.88 Å². The van der Waals surface area contributed by atoms with Crippen molar-refractivity contribution in [3.63, 3.8) is 0 Å². The zero-order valence-corrected chi connectivity index (χ0v) is 11.8. The second kappa shape index (κ2) is 5.49. The van der Waals surface area contributed by atoms with Crippen LogP contribution in [0.1, 0.15) is 46.5 Å². The van der Waals surface area contributed by atoms with Gasteiger partial charge in [-0.2, -0.15) is 0 Å². The Bertz CT molecular complexity index is 520. The van der Waals surface area contributed by atoms with E-state index in [1.807, 2.05) is 0 Å². The van der Waals surface area contributed by atoms with Gasteiger partial charge in [0.2, 0.25) is 0 Å². The van der Waals surface area contributed by atoms with Crippen LogP contribution in [0.3, 0.4) is 0 Å². The summed E-state index contributed by atoms with van der Waals surface area (Å²) in [7, 11) is 0. The monoisotopic (exact) mass is 296 g/mol. The molecule has 1 aromatic heterocycles. The Morgan fingerprint density at radius 2 is 2.25 bits per heavy atom. The summed E-state index contributed by atoms with van der Waals surface area (Å²) in [5.74, 6) is -1.20. The fourth-order valence-corrected chi connectivity index (χ4v) is 3.31. The molecule has 6 nitrogen and oxygen atoms in total. The van der Waals surface area contributed by atoms with Crippen LogP contribution in [-0.2, 0) is 9.53 Å². The first-order valence-corrected chi connectivity index (χ1v) is 7.57. The molecule has 108 valence electrons. The number of carbonyl (C=O) groups excluding carboxylic acids is 1. The van der Waals surface area contributed by atoms with Gasteiger partial charge in [0.05, 0.1) is 6.20 Å². The van der Waals surface area contributed by atoms with Gasteiger partial charge < -0.3 is 14.7 Å². The molecule has 20 heavy (non-hydrogen) atoms. The van der Waals surface area contributed by atoms with Crippen LogP contribution < -0.4 is 0 Å². The Hall–Kier alpha value is -1.47. The average molecular weight is 296 g/mol. The number of ether oxygens (including phenoxy) is 1. The first-order valence-electron chi connectivity index (χ1n) is 6.75. The molecule has 1 N–H and O–H groups in total. The summed E-state index contributed by atoms with van der Waals surface area (Å²) in [4.78, 5) is 29.5. The summed E-state index contributed by atoms with van der Waals surface area (Å²) in [5.41, 5.74) is 0. The van der Waals surface area contributed by atoms with Crippen LogP contribution in [0, 0.1) is 0 Å². The molecule has 1 saturated carbocycles. The first-order chi connectivity index (χ1) is 9.65. The second-order valence-electron chi connectivity index (χ2n) is 5.12. The molecule has 3 rings (SSSR count). The zero-order valence-electron chi connectivity index (χ0n) is 10.9. The van der Waals surface area contributed by atoms with E-state index >= 15 is 0 Å². The molecule has 0 radical (unpaired) electrons. The van der Waals surface area contributed by atoms with Crippen LogP contribution in [0.2, 0.25) is 0 Å². The minimum Gasteiger partial charge on any atom is -0.480 e. The Morgan fingerprint density at radius 3 is 2.85 bits per heavy atom. The van der Waals surface area contributed by atoms with Crippen molar-refractivity contribution in [3.05, 3.63) is 16.1 Å². The maximum Gasteiger partial charge on any atom is 0.323 e. The van der Waals surface area contributed by atoms with Crippen molar-refractivity contribution in [2.75, 3.05) is 13.2 Å². The molecule has 2 fully saturated rings. The minimum atomic E-state index is -0.978. The third kappa shape index (κ3) is 2.83. The van der Waals surface area contributed by atoms with Gasteiger partial charge in [-0.25, -0.2) is 4.98 Å². The Labute approximate surface area is 120 Å². The summed E-state index contributed by atoms with van der Waals surface area (Å²) in [6, 6.07) is 0.0758. The quantitative estimate of drug-likeness (QED) is 0.894. The van der Waals surface area contributed by atoms with Gasteiger partial charge in [0.25, 0.3) is 5.91 Å². The third-order valence-electron chi connectivity index (χ3n) is 3.49. The molecule has 7 heteroatoms. The van der Waals surface area contributed by atoms with Crippen LogP contribution in [0.4, 0.5) is 0 Å². The van der Waals surface area contributed by atoms with E-state index in [-0.39, 0.29) is 24.6 Å². The third-order valence-corrected chi connectivity index (χ3v) is 4.57. The standard InChI is InChI=1S/C13H16N2O4S/c16-11(17)7-15(8-3-4-8)13(18)10-6-14-12(20-10)9-2-1-5-19-9/h6,8-9H,1-5,7H2,(H,16,17). The smallest absolute Gasteiger partial charge is 0.323 e. The Morgan fingerprint density at radius 1 is 1.45 bits per heavy atom. The molecule has 2 heterocycles. The number of hydrogen-bond donors (Lipinski definition) is 1. The highest BCUT2D eigenvalue weighted by Gasteiger charge is 2.35. The lowest BCUT2D eigenvalue weighted by molar-refractivity contribution is -0.137. The molecular formula is C13H16N2O4S. The lowest BCUT2D eigenvalue weighted by Gasteiger charge is -2.18. The number of thiazole rings is 1. The van der Waals surface area contributed by atoms with Gasteiger partial charge in [-0.3, -0.25) is 9.59 Å². The number of amides is 1. The molecule has 2 aliphatic rings. The molecule has 0 spiro atoms. The molecule has 1 amide bonds. The van der Waals surface area contributed by atoms with E-state index in [0.29, 0.717) is 4.88 Å². The molecule has 0 aromatic carbocycles. The normalized spacial score (nSPS) is 21.9. The van der Waals surface area contributed by atoms with Gasteiger partial charge in [0.15, 0.2) is 0 Å². The highest BCUT2D eigenvalue weighted by atomic mass is 32.1. The van der Waals surface area contributed by atoms with Crippen molar-refractivity contribution in [2.45, 2.75) is 37.8 Å². The summed E-state index contributed by atoms with van der Waals surface area (Å²) < 4.78 is 5.55. The van der Waals surface area contributed by atoms with E-state index in [0.717, 1.165) is 37.3 Å². The maximum absolute atomic E-state index is 12.4. The van der Waals surface area contributed by atoms with Crippen molar-refractivity contribution in [1.29, 1.82) is 0 Å². The predicted molar refractivity (Wildman–Crippen MR) is 71.7 cm³/mol. The number of rotatable bonds is 5. The minimum absolute atomic E-state index is 0.00426. The van der Waals surface area contributed by atoms with Gasteiger partial charge >= 0.3 is 5.97 Å². The molecule has 1 saturated heterocycles. The number of carbonyl (C=O) groups is 2.